The fourth-order valence-corrected chi connectivity index (χ4v) is 2.46. The minimum Gasteiger partial charge on any atom is -0.309 e. The van der Waals surface area contributed by atoms with Crippen molar-refractivity contribution in [2.45, 2.75) is 25.1 Å². The highest BCUT2D eigenvalue weighted by Gasteiger charge is 2.28. The van der Waals surface area contributed by atoms with E-state index in [1.807, 2.05) is 6.92 Å². The fraction of sp³-hybridized carbons (Fsp3) is 0.500. The van der Waals surface area contributed by atoms with Crippen LogP contribution in [0.25, 0.3) is 0 Å². The summed E-state index contributed by atoms with van der Waals surface area (Å²) in [5, 5.41) is 2.36. The summed E-state index contributed by atoms with van der Waals surface area (Å²) < 4.78 is 36.8. The van der Waals surface area contributed by atoms with E-state index in [4.69, 9.17) is 0 Å². The lowest BCUT2D eigenvalue weighted by Crippen LogP contribution is -2.35. The summed E-state index contributed by atoms with van der Waals surface area (Å²) in [5.74, 6) is -0.381. The van der Waals surface area contributed by atoms with Gasteiger partial charge in [0, 0.05) is 11.8 Å². The largest absolute Gasteiger partial charge is 0.309 e. The van der Waals surface area contributed by atoms with Crippen LogP contribution in [-0.4, -0.2) is 26.5 Å². The van der Waals surface area contributed by atoms with Crippen LogP contribution in [0.2, 0.25) is 0 Å². The molecule has 0 fully saturated rings. The van der Waals surface area contributed by atoms with Crippen molar-refractivity contribution in [1.82, 2.24) is 5.32 Å². The van der Waals surface area contributed by atoms with Crippen molar-refractivity contribution >= 4 is 9.84 Å². The topological polar surface area (TPSA) is 46.2 Å². The summed E-state index contributed by atoms with van der Waals surface area (Å²) in [5.41, 5.74) is 0.396. The molecule has 0 bridgehead atoms. The van der Waals surface area contributed by atoms with Crippen LogP contribution in [0.4, 0.5) is 4.39 Å². The van der Waals surface area contributed by atoms with Crippen LogP contribution >= 0.6 is 0 Å². The van der Waals surface area contributed by atoms with Gasteiger partial charge in [-0.15, -0.1) is 0 Å². The zero-order valence-corrected chi connectivity index (χ0v) is 11.1. The monoisotopic (exact) mass is 259 g/mol. The predicted octanol–water partition coefficient (Wildman–Crippen LogP) is 1.91. The van der Waals surface area contributed by atoms with Crippen LogP contribution in [0.3, 0.4) is 0 Å². The van der Waals surface area contributed by atoms with Crippen LogP contribution in [0.15, 0.2) is 24.3 Å². The summed E-state index contributed by atoms with van der Waals surface area (Å²) in [6.07, 6.45) is 1.17. The van der Waals surface area contributed by atoms with Crippen LogP contribution in [0.1, 0.15) is 25.5 Å². The van der Waals surface area contributed by atoms with Crippen molar-refractivity contribution in [2.24, 2.45) is 0 Å². The molecular weight excluding hydrogens is 241 g/mol. The Hall–Kier alpha value is -0.940. The van der Waals surface area contributed by atoms with E-state index in [0.717, 1.165) is 0 Å². The minimum atomic E-state index is -3.22. The van der Waals surface area contributed by atoms with Gasteiger partial charge >= 0.3 is 0 Å². The smallest absolute Gasteiger partial charge is 0.151 e. The van der Waals surface area contributed by atoms with E-state index in [9.17, 15) is 12.8 Å². The van der Waals surface area contributed by atoms with Gasteiger partial charge < -0.3 is 5.32 Å². The maximum atomic E-state index is 13.7. The highest BCUT2D eigenvalue weighted by Crippen LogP contribution is 2.23. The highest BCUT2D eigenvalue weighted by atomic mass is 32.2. The van der Waals surface area contributed by atoms with E-state index >= 15 is 0 Å². The molecule has 0 heterocycles. The number of benzene rings is 1. The van der Waals surface area contributed by atoms with Gasteiger partial charge in [-0.25, -0.2) is 12.8 Å². The van der Waals surface area contributed by atoms with Gasteiger partial charge in [0.1, 0.15) is 5.82 Å². The van der Waals surface area contributed by atoms with E-state index in [0.29, 0.717) is 12.1 Å². The van der Waals surface area contributed by atoms with Gasteiger partial charge in [-0.2, -0.15) is 0 Å². The van der Waals surface area contributed by atoms with Crippen molar-refractivity contribution in [3.8, 4) is 0 Å². The first-order valence-electron chi connectivity index (χ1n) is 5.54. The molecule has 1 rings (SSSR count). The van der Waals surface area contributed by atoms with Crippen molar-refractivity contribution in [1.29, 1.82) is 0 Å². The average molecular weight is 259 g/mol. The van der Waals surface area contributed by atoms with E-state index in [2.05, 4.69) is 5.32 Å². The SMILES string of the molecule is CCNC(c1ccccc1F)C(C)S(C)(=O)=O. The van der Waals surface area contributed by atoms with E-state index in [1.165, 1.54) is 12.3 Å². The molecule has 0 spiro atoms. The lowest BCUT2D eigenvalue weighted by molar-refractivity contribution is 0.488. The van der Waals surface area contributed by atoms with Crippen LogP contribution in [0.5, 0.6) is 0 Å². The van der Waals surface area contributed by atoms with Crippen molar-refractivity contribution in [3.63, 3.8) is 0 Å². The van der Waals surface area contributed by atoms with Gasteiger partial charge in [-0.05, 0) is 19.5 Å². The van der Waals surface area contributed by atoms with Gasteiger partial charge in [-0.1, -0.05) is 25.1 Å². The Morgan fingerprint density at radius 1 is 1.35 bits per heavy atom. The van der Waals surface area contributed by atoms with Crippen molar-refractivity contribution in [3.05, 3.63) is 35.6 Å². The standard InChI is InChI=1S/C12H18FNO2S/c1-4-14-12(9(2)17(3,15)16)10-7-5-6-8-11(10)13/h5-9,12,14H,4H2,1-3H3. The maximum Gasteiger partial charge on any atom is 0.151 e. The molecule has 1 N–H and O–H groups in total. The molecule has 2 unspecified atom stereocenters. The Morgan fingerprint density at radius 3 is 2.41 bits per heavy atom. The Labute approximate surface area is 102 Å². The highest BCUT2D eigenvalue weighted by molar-refractivity contribution is 7.91. The molecule has 0 aliphatic carbocycles. The lowest BCUT2D eigenvalue weighted by atomic mass is 10.0. The molecule has 5 heteroatoms. The molecule has 17 heavy (non-hydrogen) atoms. The third-order valence-corrected chi connectivity index (χ3v) is 4.43. The van der Waals surface area contributed by atoms with Gasteiger partial charge in [0.15, 0.2) is 9.84 Å². The summed E-state index contributed by atoms with van der Waals surface area (Å²) in [6, 6.07) is 5.74. The number of hydrogen-bond acceptors (Lipinski definition) is 3. The number of sulfone groups is 1. The van der Waals surface area contributed by atoms with E-state index in [1.54, 1.807) is 25.1 Å². The Balaban J connectivity index is 3.14. The van der Waals surface area contributed by atoms with Crippen LogP contribution in [-0.2, 0) is 9.84 Å². The summed E-state index contributed by atoms with van der Waals surface area (Å²) in [4.78, 5) is 0. The zero-order valence-electron chi connectivity index (χ0n) is 10.3. The Morgan fingerprint density at radius 2 is 1.94 bits per heavy atom. The molecule has 0 amide bonds. The molecule has 1 aromatic carbocycles. The molecule has 2 atom stereocenters. The first-order valence-corrected chi connectivity index (χ1v) is 7.50. The normalized spacial score (nSPS) is 15.5. The summed E-state index contributed by atoms with van der Waals surface area (Å²) in [7, 11) is -3.22. The minimum absolute atomic E-state index is 0.381. The molecule has 0 saturated heterocycles. The second kappa shape index (κ2) is 5.60. The number of hydrogen-bond donors (Lipinski definition) is 1. The summed E-state index contributed by atoms with van der Waals surface area (Å²) >= 11 is 0. The molecule has 3 nitrogen and oxygen atoms in total. The van der Waals surface area contributed by atoms with Gasteiger partial charge in [0.2, 0.25) is 0 Å². The molecule has 1 aromatic rings. The van der Waals surface area contributed by atoms with E-state index in [-0.39, 0.29) is 5.82 Å². The van der Waals surface area contributed by atoms with Gasteiger partial charge in [-0.3, -0.25) is 0 Å². The third kappa shape index (κ3) is 3.51. The molecule has 96 valence electrons. The number of nitrogens with one attached hydrogen (secondary N) is 1. The van der Waals surface area contributed by atoms with Gasteiger partial charge in [0.05, 0.1) is 11.3 Å². The molecular formula is C12H18FNO2S. The molecule has 0 saturated carbocycles. The van der Waals surface area contributed by atoms with E-state index < -0.39 is 21.1 Å². The number of rotatable bonds is 5. The molecule has 0 aliphatic rings. The first kappa shape index (κ1) is 14.1. The molecule has 0 aromatic heterocycles. The van der Waals surface area contributed by atoms with Crippen LogP contribution in [0, 0.1) is 5.82 Å². The summed E-state index contributed by atoms with van der Waals surface area (Å²) in [6.45, 7) is 4.04. The lowest BCUT2D eigenvalue weighted by Gasteiger charge is -2.24. The Kier molecular flexibility index (Phi) is 4.65. The molecule has 0 aliphatic heterocycles. The number of halogens is 1. The second-order valence-electron chi connectivity index (χ2n) is 4.09. The maximum absolute atomic E-state index is 13.7. The second-order valence-corrected chi connectivity index (χ2v) is 6.49. The quantitative estimate of drug-likeness (QED) is 0.878. The van der Waals surface area contributed by atoms with Crippen molar-refractivity contribution in [2.75, 3.05) is 12.8 Å². The third-order valence-electron chi connectivity index (χ3n) is 2.81. The van der Waals surface area contributed by atoms with Crippen molar-refractivity contribution < 1.29 is 12.8 Å². The average Bonchev–Trinajstić information content (AvgIpc) is 2.25. The van der Waals surface area contributed by atoms with Crippen LogP contribution < -0.4 is 5.32 Å². The zero-order chi connectivity index (χ0) is 13.1. The first-order chi connectivity index (χ1) is 7.88. The predicted molar refractivity (Wildman–Crippen MR) is 67.1 cm³/mol. The molecule has 0 radical (unpaired) electrons. The van der Waals surface area contributed by atoms with Gasteiger partial charge in [0.25, 0.3) is 0 Å². The fourth-order valence-electron chi connectivity index (χ4n) is 1.72. The Bertz CT molecular complexity index is 473.